The van der Waals surface area contributed by atoms with Gasteiger partial charge in [0.2, 0.25) is 0 Å². The maximum atomic E-state index is 3.45. The van der Waals surface area contributed by atoms with Crippen LogP contribution in [0.15, 0.2) is 85.2 Å². The summed E-state index contributed by atoms with van der Waals surface area (Å²) in [6, 6.07) is 26.0. The summed E-state index contributed by atoms with van der Waals surface area (Å²) in [6.07, 6.45) is 4.33. The Morgan fingerprint density at radius 3 is 1.65 bits per heavy atom. The van der Waals surface area contributed by atoms with E-state index in [1.54, 1.807) is 0 Å². The van der Waals surface area contributed by atoms with Crippen molar-refractivity contribution in [3.63, 3.8) is 0 Å². The van der Waals surface area contributed by atoms with Crippen LogP contribution in [0.25, 0.3) is 21.8 Å². The summed E-state index contributed by atoms with van der Waals surface area (Å²) in [5.41, 5.74) is 7.58. The van der Waals surface area contributed by atoms with Gasteiger partial charge in [0.15, 0.2) is 0 Å². The third kappa shape index (κ3) is 2.34. The first-order chi connectivity index (χ1) is 12.8. The molecule has 5 rings (SSSR count). The Labute approximate surface area is 152 Å². The van der Waals surface area contributed by atoms with Crippen LogP contribution < -0.4 is 0 Å². The van der Waals surface area contributed by atoms with E-state index in [0.29, 0.717) is 0 Å². The highest BCUT2D eigenvalue weighted by Crippen LogP contribution is 2.39. The SMILES string of the molecule is Cc1ccc(C(c2c[nH]c3ccccc23)c2c[nH]c3ccccc23)cc1. The quantitative estimate of drug-likeness (QED) is 0.397. The zero-order valence-corrected chi connectivity index (χ0v) is 14.7. The minimum absolute atomic E-state index is 0.183. The molecule has 3 aromatic carbocycles. The Kier molecular flexibility index (Phi) is 3.42. The number of aryl methyl sites for hydroxylation is 1. The first-order valence-electron chi connectivity index (χ1n) is 9.00. The van der Waals surface area contributed by atoms with Crippen molar-refractivity contribution in [2.45, 2.75) is 12.8 Å². The molecule has 2 N–H and O–H groups in total. The van der Waals surface area contributed by atoms with Crippen LogP contribution in [0.3, 0.4) is 0 Å². The smallest absolute Gasteiger partial charge is 0.0457 e. The number of para-hydroxylation sites is 2. The Hall–Kier alpha value is -3.26. The summed E-state index contributed by atoms with van der Waals surface area (Å²) in [5.74, 6) is 0.183. The standard InChI is InChI=1S/C24H20N2/c1-16-10-12-17(13-11-16)24(20-14-25-22-8-4-2-6-18(20)22)21-15-26-23-9-5-3-7-19(21)23/h2-15,24-26H,1H3. The molecular weight excluding hydrogens is 316 g/mol. The van der Waals surface area contributed by atoms with Crippen molar-refractivity contribution in [2.75, 3.05) is 0 Å². The van der Waals surface area contributed by atoms with Gasteiger partial charge in [-0.15, -0.1) is 0 Å². The summed E-state index contributed by atoms with van der Waals surface area (Å²) >= 11 is 0. The average molecular weight is 336 g/mol. The van der Waals surface area contributed by atoms with Crippen LogP contribution in [-0.4, -0.2) is 9.97 Å². The van der Waals surface area contributed by atoms with Crippen LogP contribution in [0.4, 0.5) is 0 Å². The molecule has 0 unspecified atom stereocenters. The van der Waals surface area contributed by atoms with E-state index in [9.17, 15) is 0 Å². The van der Waals surface area contributed by atoms with Crippen LogP contribution in [0.2, 0.25) is 0 Å². The number of H-pyrrole nitrogens is 2. The van der Waals surface area contributed by atoms with Gasteiger partial charge in [-0.2, -0.15) is 0 Å². The number of hydrogen-bond donors (Lipinski definition) is 2. The highest BCUT2D eigenvalue weighted by Gasteiger charge is 2.22. The molecule has 0 bridgehead atoms. The summed E-state index contributed by atoms with van der Waals surface area (Å²) in [6.45, 7) is 2.14. The van der Waals surface area contributed by atoms with Gasteiger partial charge in [-0.05, 0) is 35.7 Å². The van der Waals surface area contributed by atoms with Crippen molar-refractivity contribution in [1.82, 2.24) is 9.97 Å². The lowest BCUT2D eigenvalue weighted by Gasteiger charge is -2.17. The molecule has 2 nitrogen and oxygen atoms in total. The second-order valence-electron chi connectivity index (χ2n) is 6.92. The van der Waals surface area contributed by atoms with Crippen LogP contribution in [-0.2, 0) is 0 Å². The van der Waals surface area contributed by atoms with E-state index in [0.717, 1.165) is 0 Å². The van der Waals surface area contributed by atoms with Gasteiger partial charge in [-0.25, -0.2) is 0 Å². The maximum absolute atomic E-state index is 3.45. The zero-order chi connectivity index (χ0) is 17.5. The lowest BCUT2D eigenvalue weighted by Crippen LogP contribution is -2.02. The molecule has 0 saturated heterocycles. The maximum Gasteiger partial charge on any atom is 0.0457 e. The summed E-state index contributed by atoms with van der Waals surface area (Å²) < 4.78 is 0. The van der Waals surface area contributed by atoms with Gasteiger partial charge in [-0.3, -0.25) is 0 Å². The Balaban J connectivity index is 1.79. The fraction of sp³-hybridized carbons (Fsp3) is 0.0833. The van der Waals surface area contributed by atoms with E-state index in [2.05, 4.69) is 102 Å². The second kappa shape index (κ2) is 5.92. The molecular formula is C24H20N2. The van der Waals surface area contributed by atoms with E-state index in [1.165, 1.54) is 44.1 Å². The largest absolute Gasteiger partial charge is 0.361 e. The normalized spacial score (nSPS) is 11.6. The van der Waals surface area contributed by atoms with Gasteiger partial charge >= 0.3 is 0 Å². The fourth-order valence-corrected chi connectivity index (χ4v) is 3.95. The molecule has 0 aliphatic heterocycles. The number of nitrogens with one attached hydrogen (secondary N) is 2. The highest BCUT2D eigenvalue weighted by atomic mass is 14.7. The van der Waals surface area contributed by atoms with Crippen LogP contribution in [0.1, 0.15) is 28.2 Å². The number of benzene rings is 3. The first-order valence-corrected chi connectivity index (χ1v) is 9.00. The predicted molar refractivity (Wildman–Crippen MR) is 109 cm³/mol. The van der Waals surface area contributed by atoms with Crippen molar-refractivity contribution in [2.24, 2.45) is 0 Å². The van der Waals surface area contributed by atoms with Crippen molar-refractivity contribution in [3.05, 3.63) is 107 Å². The molecule has 0 aliphatic rings. The van der Waals surface area contributed by atoms with E-state index < -0.39 is 0 Å². The second-order valence-corrected chi connectivity index (χ2v) is 6.92. The minimum atomic E-state index is 0.183. The molecule has 2 heteroatoms. The van der Waals surface area contributed by atoms with Crippen molar-refractivity contribution in [1.29, 1.82) is 0 Å². The first kappa shape index (κ1) is 15.0. The van der Waals surface area contributed by atoms with Crippen molar-refractivity contribution < 1.29 is 0 Å². The molecule has 0 amide bonds. The molecule has 2 heterocycles. The Morgan fingerprint density at radius 1 is 0.615 bits per heavy atom. The van der Waals surface area contributed by atoms with Gasteiger partial charge in [0.1, 0.15) is 0 Å². The van der Waals surface area contributed by atoms with Crippen molar-refractivity contribution in [3.8, 4) is 0 Å². The molecule has 0 spiro atoms. The zero-order valence-electron chi connectivity index (χ0n) is 14.7. The molecule has 0 saturated carbocycles. The summed E-state index contributed by atoms with van der Waals surface area (Å²) in [7, 11) is 0. The van der Waals surface area contributed by atoms with Gasteiger partial charge in [0.05, 0.1) is 0 Å². The molecule has 0 atom stereocenters. The van der Waals surface area contributed by atoms with Gasteiger partial charge in [0, 0.05) is 40.1 Å². The summed E-state index contributed by atoms with van der Waals surface area (Å²) in [5, 5.41) is 2.56. The molecule has 0 aliphatic carbocycles. The molecule has 0 fully saturated rings. The fourth-order valence-electron chi connectivity index (χ4n) is 3.95. The number of aromatic amines is 2. The average Bonchev–Trinajstić information content (AvgIpc) is 3.29. The van der Waals surface area contributed by atoms with Crippen LogP contribution in [0, 0.1) is 6.92 Å². The van der Waals surface area contributed by atoms with Crippen molar-refractivity contribution >= 4 is 21.8 Å². The topological polar surface area (TPSA) is 31.6 Å². The van der Waals surface area contributed by atoms with Gasteiger partial charge in [0.25, 0.3) is 0 Å². The lowest BCUT2D eigenvalue weighted by atomic mass is 9.84. The number of hydrogen-bond acceptors (Lipinski definition) is 0. The third-order valence-electron chi connectivity index (χ3n) is 5.28. The van der Waals surface area contributed by atoms with E-state index in [-0.39, 0.29) is 5.92 Å². The lowest BCUT2D eigenvalue weighted by molar-refractivity contribution is 0.996. The minimum Gasteiger partial charge on any atom is -0.361 e. The van der Waals surface area contributed by atoms with Crippen LogP contribution >= 0.6 is 0 Å². The van der Waals surface area contributed by atoms with E-state index in [1.807, 2.05) is 0 Å². The summed E-state index contributed by atoms with van der Waals surface area (Å²) in [4.78, 5) is 6.90. The van der Waals surface area contributed by atoms with E-state index in [4.69, 9.17) is 0 Å². The van der Waals surface area contributed by atoms with E-state index >= 15 is 0 Å². The Morgan fingerprint density at radius 2 is 1.12 bits per heavy atom. The number of rotatable bonds is 3. The Bertz CT molecular complexity index is 1120. The predicted octanol–water partition coefficient (Wildman–Crippen LogP) is 6.14. The molecule has 2 aromatic heterocycles. The number of aromatic nitrogens is 2. The third-order valence-corrected chi connectivity index (χ3v) is 5.28. The highest BCUT2D eigenvalue weighted by molar-refractivity contribution is 5.89. The monoisotopic (exact) mass is 336 g/mol. The molecule has 0 radical (unpaired) electrons. The van der Waals surface area contributed by atoms with Gasteiger partial charge < -0.3 is 9.97 Å². The number of fused-ring (bicyclic) bond motifs is 2. The van der Waals surface area contributed by atoms with Crippen LogP contribution in [0.5, 0.6) is 0 Å². The molecule has 26 heavy (non-hydrogen) atoms. The van der Waals surface area contributed by atoms with Gasteiger partial charge in [-0.1, -0.05) is 66.2 Å². The molecule has 5 aromatic rings. The molecule has 126 valence electrons.